The van der Waals surface area contributed by atoms with Crippen molar-refractivity contribution < 1.29 is 24.2 Å². The topological polar surface area (TPSA) is 97.8 Å². The highest BCUT2D eigenvalue weighted by molar-refractivity contribution is 7.14. The average Bonchev–Trinajstić information content (AvgIpc) is 3.20. The standard InChI is InChI=1S/C20H18N2O5S/c1-26-15-9-7-13(8-10-15)16-12-28-20(21-16)22-17(23)11-27-19(25)18(24)14-5-3-2-4-6-14/h2-10,12,18,24H,11H2,1H3,(H,21,22,23). The summed E-state index contributed by atoms with van der Waals surface area (Å²) in [6.45, 7) is -0.514. The van der Waals surface area contributed by atoms with Gasteiger partial charge in [-0.2, -0.15) is 0 Å². The lowest BCUT2D eigenvalue weighted by molar-refractivity contribution is -0.156. The molecular formula is C20H18N2O5S. The fourth-order valence-corrected chi connectivity index (χ4v) is 3.10. The van der Waals surface area contributed by atoms with Gasteiger partial charge >= 0.3 is 5.97 Å². The Morgan fingerprint density at radius 1 is 1.14 bits per heavy atom. The highest BCUT2D eigenvalue weighted by Gasteiger charge is 2.20. The summed E-state index contributed by atoms with van der Waals surface area (Å²) < 4.78 is 9.99. The molecule has 0 spiro atoms. The maximum absolute atomic E-state index is 12.0. The van der Waals surface area contributed by atoms with Gasteiger partial charge in [-0.3, -0.25) is 10.1 Å². The molecule has 8 heteroatoms. The number of carbonyl (C=O) groups excluding carboxylic acids is 2. The van der Waals surface area contributed by atoms with Gasteiger partial charge in [0.1, 0.15) is 5.75 Å². The Kier molecular flexibility index (Phi) is 6.36. The number of thiazole rings is 1. The molecule has 144 valence electrons. The van der Waals surface area contributed by atoms with Crippen molar-refractivity contribution in [2.45, 2.75) is 6.10 Å². The summed E-state index contributed by atoms with van der Waals surface area (Å²) in [6.07, 6.45) is -1.43. The van der Waals surface area contributed by atoms with Crippen molar-refractivity contribution in [3.05, 3.63) is 65.5 Å². The van der Waals surface area contributed by atoms with E-state index in [1.54, 1.807) is 37.4 Å². The Bertz CT molecular complexity index is 941. The van der Waals surface area contributed by atoms with E-state index >= 15 is 0 Å². The molecule has 2 N–H and O–H groups in total. The van der Waals surface area contributed by atoms with Gasteiger partial charge in [-0.25, -0.2) is 9.78 Å². The van der Waals surface area contributed by atoms with Crippen LogP contribution < -0.4 is 10.1 Å². The number of hydrogen-bond acceptors (Lipinski definition) is 7. The highest BCUT2D eigenvalue weighted by Crippen LogP contribution is 2.26. The van der Waals surface area contributed by atoms with Crippen LogP contribution in [0.25, 0.3) is 11.3 Å². The van der Waals surface area contributed by atoms with E-state index < -0.39 is 24.6 Å². The molecule has 1 amide bonds. The smallest absolute Gasteiger partial charge is 0.340 e. The number of nitrogens with zero attached hydrogens (tertiary/aromatic N) is 1. The molecule has 0 saturated carbocycles. The number of anilines is 1. The summed E-state index contributed by atoms with van der Waals surface area (Å²) in [5.41, 5.74) is 1.99. The highest BCUT2D eigenvalue weighted by atomic mass is 32.1. The molecule has 0 aliphatic heterocycles. The minimum Gasteiger partial charge on any atom is -0.497 e. The third-order valence-corrected chi connectivity index (χ3v) is 4.58. The maximum atomic E-state index is 12.0. The van der Waals surface area contributed by atoms with E-state index in [0.29, 0.717) is 16.4 Å². The van der Waals surface area contributed by atoms with Crippen LogP contribution in [0.15, 0.2) is 60.0 Å². The number of ether oxygens (including phenoxy) is 2. The fraction of sp³-hybridized carbons (Fsp3) is 0.150. The number of aromatic nitrogens is 1. The molecular weight excluding hydrogens is 380 g/mol. The second kappa shape index (κ2) is 9.12. The number of amides is 1. The lowest BCUT2D eigenvalue weighted by Gasteiger charge is -2.10. The first-order valence-electron chi connectivity index (χ1n) is 8.36. The molecule has 1 atom stereocenters. The van der Waals surface area contributed by atoms with Crippen molar-refractivity contribution in [2.24, 2.45) is 0 Å². The van der Waals surface area contributed by atoms with E-state index in [2.05, 4.69) is 10.3 Å². The van der Waals surface area contributed by atoms with Crippen molar-refractivity contribution in [3.63, 3.8) is 0 Å². The quantitative estimate of drug-likeness (QED) is 0.594. The van der Waals surface area contributed by atoms with Crippen molar-refractivity contribution >= 4 is 28.3 Å². The Morgan fingerprint density at radius 2 is 1.86 bits per heavy atom. The first-order chi connectivity index (χ1) is 13.6. The van der Waals surface area contributed by atoms with Gasteiger partial charge in [-0.15, -0.1) is 11.3 Å². The molecule has 0 bridgehead atoms. The van der Waals surface area contributed by atoms with Gasteiger partial charge in [0.15, 0.2) is 17.8 Å². The van der Waals surface area contributed by atoms with Crippen LogP contribution in [-0.4, -0.2) is 35.7 Å². The molecule has 0 aliphatic rings. The van der Waals surface area contributed by atoms with Crippen molar-refractivity contribution in [3.8, 4) is 17.0 Å². The normalized spacial score (nSPS) is 11.5. The van der Waals surface area contributed by atoms with Gasteiger partial charge in [0.25, 0.3) is 5.91 Å². The van der Waals surface area contributed by atoms with Crippen LogP contribution in [-0.2, 0) is 14.3 Å². The molecule has 0 saturated heterocycles. The molecule has 0 fully saturated rings. The van der Waals surface area contributed by atoms with Crippen molar-refractivity contribution in [1.82, 2.24) is 4.98 Å². The maximum Gasteiger partial charge on any atom is 0.340 e. The molecule has 0 aliphatic carbocycles. The number of aliphatic hydroxyl groups excluding tert-OH is 1. The Morgan fingerprint density at radius 3 is 2.54 bits per heavy atom. The van der Waals surface area contributed by atoms with E-state index in [4.69, 9.17) is 9.47 Å². The number of benzene rings is 2. The largest absolute Gasteiger partial charge is 0.497 e. The molecule has 7 nitrogen and oxygen atoms in total. The summed E-state index contributed by atoms with van der Waals surface area (Å²) >= 11 is 1.26. The molecule has 1 heterocycles. The van der Waals surface area contributed by atoms with Gasteiger partial charge in [-0.05, 0) is 29.8 Å². The minimum absolute atomic E-state index is 0.385. The van der Waals surface area contributed by atoms with E-state index in [0.717, 1.165) is 11.3 Å². The van der Waals surface area contributed by atoms with E-state index in [1.807, 2.05) is 29.6 Å². The monoisotopic (exact) mass is 398 g/mol. The predicted molar refractivity (Wildman–Crippen MR) is 105 cm³/mol. The summed E-state index contributed by atoms with van der Waals surface area (Å²) in [5.74, 6) is -0.685. The van der Waals surface area contributed by atoms with E-state index in [1.165, 1.54) is 11.3 Å². The van der Waals surface area contributed by atoms with Gasteiger partial charge in [0.05, 0.1) is 12.8 Å². The summed E-state index contributed by atoms with van der Waals surface area (Å²) in [6, 6.07) is 15.7. The number of hydrogen-bond donors (Lipinski definition) is 2. The molecule has 28 heavy (non-hydrogen) atoms. The van der Waals surface area contributed by atoms with Crippen LogP contribution in [0.4, 0.5) is 5.13 Å². The van der Waals surface area contributed by atoms with Crippen LogP contribution in [0, 0.1) is 0 Å². The van der Waals surface area contributed by atoms with Gasteiger partial charge < -0.3 is 14.6 Å². The zero-order chi connectivity index (χ0) is 19.9. The average molecular weight is 398 g/mol. The second-order valence-corrected chi connectivity index (χ2v) is 6.59. The van der Waals surface area contributed by atoms with Gasteiger partial charge in [0.2, 0.25) is 0 Å². The Hall–Kier alpha value is -3.23. The lowest BCUT2D eigenvalue weighted by atomic mass is 10.1. The number of esters is 1. The number of nitrogens with one attached hydrogen (secondary N) is 1. The molecule has 3 aromatic rings. The summed E-state index contributed by atoms with van der Waals surface area (Å²) in [7, 11) is 1.59. The third-order valence-electron chi connectivity index (χ3n) is 3.82. The number of methoxy groups -OCH3 is 1. The van der Waals surface area contributed by atoms with Gasteiger partial charge in [0, 0.05) is 10.9 Å². The minimum atomic E-state index is -1.43. The molecule has 1 aromatic heterocycles. The van der Waals surface area contributed by atoms with Crippen LogP contribution in [0.5, 0.6) is 5.75 Å². The fourth-order valence-electron chi connectivity index (χ4n) is 2.37. The van der Waals surface area contributed by atoms with Crippen LogP contribution in [0.2, 0.25) is 0 Å². The van der Waals surface area contributed by atoms with Crippen LogP contribution >= 0.6 is 11.3 Å². The second-order valence-electron chi connectivity index (χ2n) is 5.74. The zero-order valence-corrected chi connectivity index (χ0v) is 15.8. The van der Waals surface area contributed by atoms with Crippen LogP contribution in [0.1, 0.15) is 11.7 Å². The Labute approximate surface area is 165 Å². The summed E-state index contributed by atoms with van der Waals surface area (Å²) in [5, 5.41) is 14.7. The number of carbonyl (C=O) groups is 2. The first kappa shape index (κ1) is 19.5. The third kappa shape index (κ3) is 4.93. The Balaban J connectivity index is 1.52. The molecule has 2 aromatic carbocycles. The van der Waals surface area contributed by atoms with Crippen molar-refractivity contribution in [1.29, 1.82) is 0 Å². The van der Waals surface area contributed by atoms with Gasteiger partial charge in [-0.1, -0.05) is 30.3 Å². The van der Waals surface area contributed by atoms with Crippen LogP contribution in [0.3, 0.4) is 0 Å². The molecule has 3 rings (SSSR count). The van der Waals surface area contributed by atoms with E-state index in [9.17, 15) is 14.7 Å². The molecule has 1 unspecified atom stereocenters. The predicted octanol–water partition coefficient (Wildman–Crippen LogP) is 3.03. The number of aliphatic hydroxyl groups is 1. The zero-order valence-electron chi connectivity index (χ0n) is 15.0. The van der Waals surface area contributed by atoms with E-state index in [-0.39, 0.29) is 0 Å². The van der Waals surface area contributed by atoms with Crippen molar-refractivity contribution in [2.75, 3.05) is 19.0 Å². The summed E-state index contributed by atoms with van der Waals surface area (Å²) in [4.78, 5) is 28.2. The molecule has 0 radical (unpaired) electrons. The lowest BCUT2D eigenvalue weighted by Crippen LogP contribution is -2.23. The number of rotatable bonds is 7. The first-order valence-corrected chi connectivity index (χ1v) is 9.24. The SMILES string of the molecule is COc1ccc(-c2csc(NC(=O)COC(=O)C(O)c3ccccc3)n2)cc1.